The Hall–Kier alpha value is -4.15. The Balaban J connectivity index is 1.72. The summed E-state index contributed by atoms with van der Waals surface area (Å²) in [6, 6.07) is 18.0. The van der Waals surface area contributed by atoms with Gasteiger partial charge in [0, 0.05) is 45.9 Å². The Kier molecular flexibility index (Phi) is 19.0. The van der Waals surface area contributed by atoms with Crippen LogP contribution in [0.5, 0.6) is 0 Å². The first-order chi connectivity index (χ1) is 25.1. The van der Waals surface area contributed by atoms with Crippen molar-refractivity contribution in [1.29, 1.82) is 0 Å². The van der Waals surface area contributed by atoms with E-state index >= 15 is 0 Å². The number of hydrogen-bond donors (Lipinski definition) is 4. The molecular weight excluding hydrogens is 652 g/mol. The molecule has 0 saturated heterocycles. The van der Waals surface area contributed by atoms with Crippen molar-refractivity contribution in [2.45, 2.75) is 114 Å². The normalized spacial score (nSPS) is 16.1. The highest BCUT2D eigenvalue weighted by Crippen LogP contribution is 2.29. The van der Waals surface area contributed by atoms with E-state index in [1.807, 2.05) is 55.6 Å². The first kappa shape index (κ1) is 42.3. The number of aliphatic hydroxyl groups excluding tert-OH is 2. The zero-order valence-electron chi connectivity index (χ0n) is 31.2. The Morgan fingerprint density at radius 3 is 2.10 bits per heavy atom. The van der Waals surface area contributed by atoms with E-state index < -0.39 is 42.0 Å². The average Bonchev–Trinajstić information content (AvgIpc) is 3.15. The number of likely N-dealkylation sites (N-methyl/N-ethyl adjacent to an activating group) is 2. The van der Waals surface area contributed by atoms with E-state index in [1.165, 1.54) is 12.0 Å². The average molecular weight is 713 g/mol. The number of terminal acetylenes is 2. The maximum absolute atomic E-state index is 14.0. The molecular formula is C43H60N4O5. The number of aliphatic hydroxyl groups is 2. The molecule has 0 heterocycles. The van der Waals surface area contributed by atoms with Gasteiger partial charge in [-0.05, 0) is 56.2 Å². The minimum Gasteiger partial charge on any atom is -0.390 e. The van der Waals surface area contributed by atoms with Crippen molar-refractivity contribution in [3.63, 3.8) is 0 Å². The summed E-state index contributed by atoms with van der Waals surface area (Å²) in [6.07, 6.45) is 16.7. The van der Waals surface area contributed by atoms with Gasteiger partial charge in [0.1, 0.15) is 6.04 Å². The fraction of sp³-hybridized carbons (Fsp3) is 0.558. The third-order valence-electron chi connectivity index (χ3n) is 10.1. The third-order valence-corrected chi connectivity index (χ3v) is 10.1. The van der Waals surface area contributed by atoms with Crippen molar-refractivity contribution in [3.05, 3.63) is 71.8 Å². The van der Waals surface area contributed by atoms with Crippen molar-refractivity contribution < 1.29 is 24.6 Å². The van der Waals surface area contributed by atoms with E-state index in [0.717, 1.165) is 37.8 Å². The van der Waals surface area contributed by atoms with Crippen LogP contribution in [0.2, 0.25) is 0 Å². The zero-order valence-corrected chi connectivity index (χ0v) is 31.2. The molecule has 9 nitrogen and oxygen atoms in total. The van der Waals surface area contributed by atoms with Crippen molar-refractivity contribution in [1.82, 2.24) is 20.4 Å². The fourth-order valence-electron chi connectivity index (χ4n) is 6.93. The molecule has 0 radical (unpaired) electrons. The van der Waals surface area contributed by atoms with Crippen LogP contribution in [0.1, 0.15) is 88.2 Å². The molecule has 0 spiro atoms. The van der Waals surface area contributed by atoms with Crippen LogP contribution in [-0.4, -0.2) is 89.2 Å². The van der Waals surface area contributed by atoms with E-state index in [-0.39, 0.29) is 25.2 Å². The van der Waals surface area contributed by atoms with Gasteiger partial charge in [0.25, 0.3) is 0 Å². The zero-order chi connectivity index (χ0) is 37.7. The molecule has 282 valence electrons. The summed E-state index contributed by atoms with van der Waals surface area (Å²) < 4.78 is 0. The largest absolute Gasteiger partial charge is 0.390 e. The number of carbonyl (C=O) groups excluding carboxylic acids is 3. The lowest BCUT2D eigenvalue weighted by Crippen LogP contribution is -2.56. The first-order valence-electron chi connectivity index (χ1n) is 18.9. The molecule has 1 fully saturated rings. The van der Waals surface area contributed by atoms with Crippen LogP contribution < -0.4 is 10.6 Å². The van der Waals surface area contributed by atoms with E-state index in [4.69, 9.17) is 12.8 Å². The van der Waals surface area contributed by atoms with Gasteiger partial charge in [-0.3, -0.25) is 14.4 Å². The summed E-state index contributed by atoms with van der Waals surface area (Å²) in [5.41, 5.74) is 2.09. The van der Waals surface area contributed by atoms with Crippen molar-refractivity contribution >= 4 is 17.7 Å². The summed E-state index contributed by atoms with van der Waals surface area (Å²) in [4.78, 5) is 45.3. The second kappa shape index (κ2) is 23.4. The molecule has 9 heteroatoms. The van der Waals surface area contributed by atoms with E-state index in [2.05, 4.69) is 39.5 Å². The molecule has 3 rings (SSSR count). The Morgan fingerprint density at radius 1 is 0.827 bits per heavy atom. The number of nitrogens with one attached hydrogen (secondary N) is 2. The molecule has 2 aromatic rings. The third kappa shape index (κ3) is 15.2. The predicted molar refractivity (Wildman–Crippen MR) is 206 cm³/mol. The predicted octanol–water partition coefficient (Wildman–Crippen LogP) is 4.70. The maximum Gasteiger partial charge on any atom is 0.242 e. The Labute approximate surface area is 311 Å². The monoisotopic (exact) mass is 712 g/mol. The molecule has 0 aliphatic heterocycles. The van der Waals surface area contributed by atoms with E-state index in [1.54, 1.807) is 11.9 Å². The summed E-state index contributed by atoms with van der Waals surface area (Å²) in [5.74, 6) is 3.65. The van der Waals surface area contributed by atoms with Crippen molar-refractivity contribution in [2.75, 3.05) is 27.2 Å². The fourth-order valence-corrected chi connectivity index (χ4v) is 6.93. The number of carbonyl (C=O) groups is 3. The highest BCUT2D eigenvalue weighted by molar-refractivity contribution is 5.91. The van der Waals surface area contributed by atoms with Crippen LogP contribution in [0.3, 0.4) is 0 Å². The topological polar surface area (TPSA) is 122 Å². The number of hydrogen-bond acceptors (Lipinski definition) is 6. The number of amides is 3. The standard InChI is InChI=1S/C43H60N4O5/c1-5-7-12-26-39(48)41(50)38(30-34-21-15-10-16-22-34)45-43(52)37(25-8-6-2)44-42(51)36(29-33-19-13-9-14-20-33)31-40(49)47(4)28-27-46(3)32-35-23-17-11-18-24-35/h1-2,9,11,13-14,17-20,23-24,34,36-39,41,48,50H,7-8,10,12,15-16,21-22,25-32H2,3-4H3,(H,44,51)(H,45,52). The van der Waals surface area contributed by atoms with Crippen LogP contribution in [0.4, 0.5) is 0 Å². The number of benzene rings is 2. The van der Waals surface area contributed by atoms with Crippen LogP contribution in [0, 0.1) is 36.5 Å². The molecule has 2 aromatic carbocycles. The van der Waals surface area contributed by atoms with Gasteiger partial charge in [0.2, 0.25) is 17.7 Å². The number of rotatable bonds is 22. The van der Waals surface area contributed by atoms with Crippen LogP contribution in [0.15, 0.2) is 60.7 Å². The van der Waals surface area contributed by atoms with Gasteiger partial charge in [0.05, 0.1) is 24.2 Å². The number of nitrogens with zero attached hydrogens (tertiary/aromatic N) is 2. The molecule has 1 aliphatic carbocycles. The van der Waals surface area contributed by atoms with Crippen molar-refractivity contribution in [2.24, 2.45) is 11.8 Å². The Bertz CT molecular complexity index is 1430. The molecule has 0 aromatic heterocycles. The first-order valence-corrected chi connectivity index (χ1v) is 18.9. The van der Waals surface area contributed by atoms with Gasteiger partial charge in [0.15, 0.2) is 0 Å². The lowest BCUT2D eigenvalue weighted by atomic mass is 9.82. The van der Waals surface area contributed by atoms with Crippen LogP contribution >= 0.6 is 0 Å². The summed E-state index contributed by atoms with van der Waals surface area (Å²) in [5, 5.41) is 28.0. The molecule has 4 N–H and O–H groups in total. The van der Waals surface area contributed by atoms with Gasteiger partial charge in [-0.2, -0.15) is 0 Å². The van der Waals surface area contributed by atoms with Crippen LogP contribution in [0.25, 0.3) is 0 Å². The van der Waals surface area contributed by atoms with Crippen molar-refractivity contribution in [3.8, 4) is 24.7 Å². The van der Waals surface area contributed by atoms with Gasteiger partial charge in [-0.1, -0.05) is 92.8 Å². The summed E-state index contributed by atoms with van der Waals surface area (Å²) in [6.45, 7) is 1.91. The Morgan fingerprint density at radius 2 is 1.46 bits per heavy atom. The molecule has 3 amide bonds. The van der Waals surface area contributed by atoms with Gasteiger partial charge < -0.3 is 30.6 Å². The smallest absolute Gasteiger partial charge is 0.242 e. The SMILES string of the molecule is C#CCCCC(O)C(O)C(CC1CCCCC1)NC(=O)C(CCC#C)NC(=O)C(CC(=O)N(C)CCN(C)Cc1ccccc1)Cc1ccccc1. The highest BCUT2D eigenvalue weighted by atomic mass is 16.3. The van der Waals surface area contributed by atoms with E-state index in [9.17, 15) is 24.6 Å². The second-order valence-electron chi connectivity index (χ2n) is 14.4. The second-order valence-corrected chi connectivity index (χ2v) is 14.4. The van der Waals surface area contributed by atoms with Crippen LogP contribution in [-0.2, 0) is 27.3 Å². The lowest BCUT2D eigenvalue weighted by molar-refractivity contribution is -0.137. The lowest BCUT2D eigenvalue weighted by Gasteiger charge is -2.33. The molecule has 1 aliphatic rings. The van der Waals surface area contributed by atoms with Gasteiger partial charge >= 0.3 is 0 Å². The number of unbranched alkanes of at least 4 members (excludes halogenated alkanes) is 1. The summed E-state index contributed by atoms with van der Waals surface area (Å²) in [7, 11) is 3.76. The molecule has 0 bridgehead atoms. The van der Waals surface area contributed by atoms with Gasteiger partial charge in [-0.25, -0.2) is 0 Å². The quantitative estimate of drug-likeness (QED) is 0.104. The highest BCUT2D eigenvalue weighted by Gasteiger charge is 2.34. The molecule has 1 saturated carbocycles. The summed E-state index contributed by atoms with van der Waals surface area (Å²) >= 11 is 0. The minimum absolute atomic E-state index is 0.0318. The maximum atomic E-state index is 14.0. The molecule has 52 heavy (non-hydrogen) atoms. The van der Waals surface area contributed by atoms with E-state index in [0.29, 0.717) is 51.1 Å². The van der Waals surface area contributed by atoms with Gasteiger partial charge in [-0.15, -0.1) is 24.7 Å². The molecule has 5 unspecified atom stereocenters. The molecule has 5 atom stereocenters. The minimum atomic E-state index is -1.20.